The fourth-order valence-electron chi connectivity index (χ4n) is 5.88. The van der Waals surface area contributed by atoms with Crippen LogP contribution in [-0.4, -0.2) is 44.5 Å². The number of carbonyl (C=O) groups excluding carboxylic acids is 2. The fourth-order valence-corrected chi connectivity index (χ4v) is 6.82. The number of imide groups is 1. The Bertz CT molecular complexity index is 1990. The van der Waals surface area contributed by atoms with E-state index >= 15 is 0 Å². The Hall–Kier alpha value is -5.16. The van der Waals surface area contributed by atoms with E-state index in [0.717, 1.165) is 5.56 Å². The number of ether oxygens (including phenoxy) is 2. The maximum absolute atomic E-state index is 13.6. The van der Waals surface area contributed by atoms with Crippen molar-refractivity contribution in [3.05, 3.63) is 111 Å². The van der Waals surface area contributed by atoms with E-state index in [1.54, 1.807) is 36.4 Å². The summed E-state index contributed by atoms with van der Waals surface area (Å²) in [5, 5.41) is 11.7. The number of phenolic OH excluding ortho intramolecular Hbond substituents is 1. The molecule has 0 saturated carbocycles. The molecule has 1 atom stereocenters. The minimum absolute atomic E-state index is 0.0202. The van der Waals surface area contributed by atoms with E-state index in [1.165, 1.54) is 55.5 Å². The first-order valence-electron chi connectivity index (χ1n) is 13.7. The van der Waals surface area contributed by atoms with Crippen molar-refractivity contribution in [3.8, 4) is 34.1 Å². The first kappa shape index (κ1) is 28.9. The highest BCUT2D eigenvalue weighted by Gasteiger charge is 2.43. The van der Waals surface area contributed by atoms with Gasteiger partial charge in [-0.15, -0.1) is 0 Å². The Labute approximate surface area is 253 Å². The van der Waals surface area contributed by atoms with Crippen LogP contribution in [0.2, 0.25) is 0 Å². The van der Waals surface area contributed by atoms with Crippen LogP contribution in [-0.2, 0) is 16.5 Å². The van der Waals surface area contributed by atoms with Crippen LogP contribution in [0.15, 0.2) is 82.5 Å². The van der Waals surface area contributed by atoms with Crippen LogP contribution in [0.5, 0.6) is 23.0 Å². The molecule has 0 fully saturated rings. The van der Waals surface area contributed by atoms with Gasteiger partial charge in [0, 0.05) is 11.1 Å². The average Bonchev–Trinajstić information content (AvgIpc) is 3.13. The second-order valence-electron chi connectivity index (χ2n) is 10.5. The molecule has 0 saturated heterocycles. The molecule has 4 aromatic rings. The van der Waals surface area contributed by atoms with Gasteiger partial charge in [-0.25, -0.2) is 0 Å². The molecule has 2 aliphatic rings. The predicted octanol–water partition coefficient (Wildman–Crippen LogP) is 4.80. The Morgan fingerprint density at radius 1 is 0.773 bits per heavy atom. The van der Waals surface area contributed by atoms with Gasteiger partial charge in [0.25, 0.3) is 11.8 Å². The van der Waals surface area contributed by atoms with Gasteiger partial charge in [-0.3, -0.25) is 19.3 Å². The highest BCUT2D eigenvalue weighted by molar-refractivity contribution is 7.87. The van der Waals surface area contributed by atoms with Gasteiger partial charge in [0.2, 0.25) is 11.5 Å². The molecule has 0 bridgehead atoms. The minimum Gasteiger partial charge on any atom is -0.504 e. The standard InChI is InChI=1S/C33H27NO9S/c1-18-8-12-20(13-9-18)44(39,40)43-31-29(41-2)25-16-17-26(34-32(37)23-6-4-5-7-24(23)33(34)38)21-14-10-19(35)11-15-22(21)27(25)28(36)30(31)42-3/h4-15,26,36H,16-17H2,1-3H3. The Kier molecular flexibility index (Phi) is 7.13. The summed E-state index contributed by atoms with van der Waals surface area (Å²) in [6.07, 6.45) is 0.285. The molecule has 224 valence electrons. The van der Waals surface area contributed by atoms with Crippen LogP contribution in [0.3, 0.4) is 0 Å². The molecule has 0 spiro atoms. The summed E-state index contributed by atoms with van der Waals surface area (Å²) >= 11 is 0. The van der Waals surface area contributed by atoms with Crippen LogP contribution in [0.25, 0.3) is 11.1 Å². The Morgan fingerprint density at radius 3 is 2.00 bits per heavy atom. The molecule has 1 aliphatic carbocycles. The van der Waals surface area contributed by atoms with E-state index in [9.17, 15) is 27.9 Å². The number of phenols is 1. The second-order valence-corrected chi connectivity index (χ2v) is 12.0. The quantitative estimate of drug-likeness (QED) is 0.240. The van der Waals surface area contributed by atoms with Gasteiger partial charge in [0.15, 0.2) is 16.9 Å². The van der Waals surface area contributed by atoms with E-state index in [4.69, 9.17) is 13.7 Å². The number of benzene rings is 3. The lowest BCUT2D eigenvalue weighted by Gasteiger charge is -2.26. The van der Waals surface area contributed by atoms with Crippen molar-refractivity contribution in [2.75, 3.05) is 14.2 Å². The first-order valence-corrected chi connectivity index (χ1v) is 15.1. The highest BCUT2D eigenvalue weighted by atomic mass is 32.2. The molecule has 6 rings (SSSR count). The molecule has 1 N–H and O–H groups in total. The molecule has 1 unspecified atom stereocenters. The average molecular weight is 614 g/mol. The van der Waals surface area contributed by atoms with Gasteiger partial charge in [0.1, 0.15) is 4.90 Å². The monoisotopic (exact) mass is 613 g/mol. The van der Waals surface area contributed by atoms with Gasteiger partial charge >= 0.3 is 10.1 Å². The first-order chi connectivity index (χ1) is 21.1. The van der Waals surface area contributed by atoms with Crippen molar-refractivity contribution < 1.29 is 36.8 Å². The van der Waals surface area contributed by atoms with Crippen LogP contribution in [0.1, 0.15) is 49.9 Å². The lowest BCUT2D eigenvalue weighted by atomic mass is 9.94. The number of nitrogens with zero attached hydrogens (tertiary/aromatic N) is 1. The summed E-state index contributed by atoms with van der Waals surface area (Å²) in [5.74, 6) is -2.12. The molecule has 4 aromatic carbocycles. The van der Waals surface area contributed by atoms with E-state index in [0.29, 0.717) is 16.7 Å². The zero-order valence-electron chi connectivity index (χ0n) is 24.0. The van der Waals surface area contributed by atoms with Crippen molar-refractivity contribution in [1.29, 1.82) is 0 Å². The lowest BCUT2D eigenvalue weighted by Crippen LogP contribution is -2.34. The lowest BCUT2D eigenvalue weighted by molar-refractivity contribution is 0.0575. The molecule has 44 heavy (non-hydrogen) atoms. The Morgan fingerprint density at radius 2 is 1.39 bits per heavy atom. The zero-order chi connectivity index (χ0) is 31.3. The maximum Gasteiger partial charge on any atom is 0.339 e. The van der Waals surface area contributed by atoms with Crippen molar-refractivity contribution in [1.82, 2.24) is 4.90 Å². The van der Waals surface area contributed by atoms with E-state index in [1.807, 2.05) is 6.92 Å². The molecule has 0 aromatic heterocycles. The zero-order valence-corrected chi connectivity index (χ0v) is 24.8. The van der Waals surface area contributed by atoms with Gasteiger partial charge in [-0.05, 0) is 73.4 Å². The van der Waals surface area contributed by atoms with Crippen molar-refractivity contribution >= 4 is 21.9 Å². The third-order valence-corrected chi connectivity index (χ3v) is 9.17. The maximum atomic E-state index is 13.6. The number of aryl methyl sites for hydroxylation is 1. The smallest absolute Gasteiger partial charge is 0.339 e. The number of methoxy groups -OCH3 is 2. The van der Waals surface area contributed by atoms with E-state index in [-0.39, 0.29) is 57.1 Å². The normalized spacial score (nSPS) is 15.6. The topological polar surface area (TPSA) is 137 Å². The third-order valence-electron chi connectivity index (χ3n) is 7.94. The molecule has 10 nitrogen and oxygen atoms in total. The highest BCUT2D eigenvalue weighted by Crippen LogP contribution is 2.56. The summed E-state index contributed by atoms with van der Waals surface area (Å²) < 4.78 is 43.5. The summed E-state index contributed by atoms with van der Waals surface area (Å²) in [4.78, 5) is 40.7. The summed E-state index contributed by atoms with van der Waals surface area (Å²) in [7, 11) is -1.84. The minimum atomic E-state index is -4.40. The number of hydrogen-bond donors (Lipinski definition) is 1. The van der Waals surface area contributed by atoms with Gasteiger partial charge in [-0.1, -0.05) is 35.9 Å². The summed E-state index contributed by atoms with van der Waals surface area (Å²) in [5.41, 5.74) is 2.35. The molecule has 11 heteroatoms. The molecule has 1 heterocycles. The van der Waals surface area contributed by atoms with Crippen molar-refractivity contribution in [3.63, 3.8) is 0 Å². The van der Waals surface area contributed by atoms with Crippen LogP contribution >= 0.6 is 0 Å². The predicted molar refractivity (Wildman–Crippen MR) is 160 cm³/mol. The number of aromatic hydroxyl groups is 1. The fraction of sp³-hybridized carbons (Fsp3) is 0.182. The SMILES string of the molecule is COc1c(O)c2c(c(OC)c1OS(=O)(=O)c1ccc(C)cc1)CCC(N1C(=O)c3ccccc3C1=O)c1ccc(=O)ccc1-2. The summed E-state index contributed by atoms with van der Waals surface area (Å²) in [6, 6.07) is 17.4. The Balaban J connectivity index is 1.56. The molecular weight excluding hydrogens is 586 g/mol. The second kappa shape index (κ2) is 10.8. The van der Waals surface area contributed by atoms with E-state index in [2.05, 4.69) is 0 Å². The number of hydrogen-bond acceptors (Lipinski definition) is 9. The van der Waals surface area contributed by atoms with Gasteiger partial charge in [0.05, 0.1) is 31.4 Å². The molecule has 0 radical (unpaired) electrons. The number of amides is 2. The van der Waals surface area contributed by atoms with Crippen LogP contribution in [0, 0.1) is 6.92 Å². The largest absolute Gasteiger partial charge is 0.504 e. The molecule has 1 aliphatic heterocycles. The van der Waals surface area contributed by atoms with Crippen LogP contribution < -0.4 is 19.1 Å². The third kappa shape index (κ3) is 4.56. The number of carbonyl (C=O) groups is 2. The summed E-state index contributed by atoms with van der Waals surface area (Å²) in [6.45, 7) is 1.82. The number of rotatable bonds is 6. The van der Waals surface area contributed by atoms with Crippen molar-refractivity contribution in [2.45, 2.75) is 30.7 Å². The number of fused-ring (bicyclic) bond motifs is 4. The molecular formula is C33H27NO9S. The van der Waals surface area contributed by atoms with Gasteiger partial charge < -0.3 is 18.8 Å². The van der Waals surface area contributed by atoms with Crippen molar-refractivity contribution in [2.24, 2.45) is 0 Å². The van der Waals surface area contributed by atoms with Crippen LogP contribution in [0.4, 0.5) is 0 Å². The van der Waals surface area contributed by atoms with Gasteiger partial charge in [-0.2, -0.15) is 8.42 Å². The molecule has 2 amide bonds. The van der Waals surface area contributed by atoms with E-state index < -0.39 is 33.7 Å².